The molecule has 2 rings (SSSR count). The molecule has 14 heavy (non-hydrogen) atoms. The minimum atomic E-state index is 0.766. The largest absolute Gasteiger partial charge is 0.377 e. The minimum absolute atomic E-state index is 0.766. The monoisotopic (exact) mass is 256 g/mol. The van der Waals surface area contributed by atoms with Crippen molar-refractivity contribution in [2.45, 2.75) is 13.3 Å². The van der Waals surface area contributed by atoms with Gasteiger partial charge >= 0.3 is 0 Å². The molecular formula is C10H13BrN2O. The summed E-state index contributed by atoms with van der Waals surface area (Å²) in [6, 6.07) is 0. The third kappa shape index (κ3) is 1.77. The average molecular weight is 257 g/mol. The summed E-state index contributed by atoms with van der Waals surface area (Å²) in [7, 11) is 1.96. The number of aromatic nitrogens is 2. The molecule has 3 nitrogen and oxygen atoms in total. The fraction of sp³-hybridized carbons (Fsp3) is 0.500. The Morgan fingerprint density at radius 3 is 2.86 bits per heavy atom. The van der Waals surface area contributed by atoms with Gasteiger partial charge in [-0.1, -0.05) is 0 Å². The molecule has 1 aromatic heterocycles. The molecule has 0 radical (unpaired) electrons. The van der Waals surface area contributed by atoms with Crippen molar-refractivity contribution in [2.75, 3.05) is 13.2 Å². The molecule has 0 aromatic carbocycles. The van der Waals surface area contributed by atoms with E-state index in [1.54, 1.807) is 0 Å². The number of hydrogen-bond donors (Lipinski definition) is 0. The van der Waals surface area contributed by atoms with Crippen LogP contribution in [0.15, 0.2) is 10.2 Å². The van der Waals surface area contributed by atoms with Crippen molar-refractivity contribution < 1.29 is 4.74 Å². The van der Waals surface area contributed by atoms with Gasteiger partial charge in [-0.15, -0.1) is 0 Å². The zero-order chi connectivity index (χ0) is 10.1. The Hall–Kier alpha value is -0.610. The third-order valence-electron chi connectivity index (χ3n) is 2.48. The quantitative estimate of drug-likeness (QED) is 0.771. The SMILES string of the molecule is Cc1c(Br)nn(C)c1/C=C1\CCOC1. The number of hydrogen-bond acceptors (Lipinski definition) is 2. The molecule has 0 bridgehead atoms. The van der Waals surface area contributed by atoms with Gasteiger partial charge < -0.3 is 4.74 Å². The highest BCUT2D eigenvalue weighted by molar-refractivity contribution is 9.10. The van der Waals surface area contributed by atoms with Crippen LogP contribution in [0, 0.1) is 6.92 Å². The molecule has 76 valence electrons. The van der Waals surface area contributed by atoms with Crippen molar-refractivity contribution in [1.29, 1.82) is 0 Å². The molecule has 1 fully saturated rings. The van der Waals surface area contributed by atoms with Crippen molar-refractivity contribution in [3.63, 3.8) is 0 Å². The normalized spacial score (nSPS) is 19.5. The topological polar surface area (TPSA) is 27.1 Å². The van der Waals surface area contributed by atoms with Gasteiger partial charge in [0.2, 0.25) is 0 Å². The highest BCUT2D eigenvalue weighted by Gasteiger charge is 2.11. The molecule has 0 aliphatic carbocycles. The second-order valence-electron chi connectivity index (χ2n) is 3.53. The van der Waals surface area contributed by atoms with Crippen molar-refractivity contribution >= 4 is 22.0 Å². The molecule has 0 spiro atoms. The van der Waals surface area contributed by atoms with Crippen LogP contribution in [-0.4, -0.2) is 23.0 Å². The van der Waals surface area contributed by atoms with Crippen LogP contribution in [0.2, 0.25) is 0 Å². The van der Waals surface area contributed by atoms with Gasteiger partial charge in [0.1, 0.15) is 4.60 Å². The molecule has 1 aliphatic rings. The van der Waals surface area contributed by atoms with E-state index in [0.717, 1.165) is 29.9 Å². The highest BCUT2D eigenvalue weighted by atomic mass is 79.9. The van der Waals surface area contributed by atoms with Crippen LogP contribution in [-0.2, 0) is 11.8 Å². The smallest absolute Gasteiger partial charge is 0.131 e. The van der Waals surface area contributed by atoms with Crippen molar-refractivity contribution in [2.24, 2.45) is 7.05 Å². The summed E-state index contributed by atoms with van der Waals surface area (Å²) in [5, 5.41) is 4.30. The lowest BCUT2D eigenvalue weighted by atomic mass is 10.1. The Morgan fingerprint density at radius 1 is 1.57 bits per heavy atom. The molecule has 0 N–H and O–H groups in total. The van der Waals surface area contributed by atoms with E-state index < -0.39 is 0 Å². The lowest BCUT2D eigenvalue weighted by Crippen LogP contribution is -1.94. The maximum atomic E-state index is 5.31. The van der Waals surface area contributed by atoms with E-state index in [0.29, 0.717) is 0 Å². The summed E-state index contributed by atoms with van der Waals surface area (Å²) in [6.07, 6.45) is 3.22. The average Bonchev–Trinajstić information content (AvgIpc) is 2.71. The number of ether oxygens (including phenoxy) is 1. The minimum Gasteiger partial charge on any atom is -0.377 e. The molecule has 1 aromatic rings. The molecule has 0 atom stereocenters. The molecule has 0 amide bonds. The summed E-state index contributed by atoms with van der Waals surface area (Å²) < 4.78 is 8.12. The number of rotatable bonds is 1. The molecule has 1 saturated heterocycles. The van der Waals surface area contributed by atoms with Gasteiger partial charge in [-0.25, -0.2) is 0 Å². The van der Waals surface area contributed by atoms with Gasteiger partial charge in [0.15, 0.2) is 0 Å². The third-order valence-corrected chi connectivity index (χ3v) is 3.23. The molecule has 0 unspecified atom stereocenters. The Labute approximate surface area is 91.9 Å². The van der Waals surface area contributed by atoms with E-state index in [1.807, 2.05) is 11.7 Å². The molecule has 0 saturated carbocycles. The second kappa shape index (κ2) is 3.87. The highest BCUT2D eigenvalue weighted by Crippen LogP contribution is 2.22. The van der Waals surface area contributed by atoms with E-state index in [4.69, 9.17) is 4.74 Å². The molecular weight excluding hydrogens is 244 g/mol. The standard InChI is InChI=1S/C10H13BrN2O/c1-7-9(13(2)12-10(7)11)5-8-3-4-14-6-8/h5H,3-4,6H2,1-2H3/b8-5+. The maximum Gasteiger partial charge on any atom is 0.131 e. The number of halogens is 1. The van der Waals surface area contributed by atoms with Crippen LogP contribution in [0.1, 0.15) is 17.7 Å². The van der Waals surface area contributed by atoms with Gasteiger partial charge in [0, 0.05) is 12.6 Å². The molecule has 4 heteroatoms. The summed E-state index contributed by atoms with van der Waals surface area (Å²) in [4.78, 5) is 0. The first-order valence-corrected chi connectivity index (χ1v) is 5.44. The van der Waals surface area contributed by atoms with E-state index in [2.05, 4.69) is 34.0 Å². The number of aryl methyl sites for hydroxylation is 1. The summed E-state index contributed by atoms with van der Waals surface area (Å²) >= 11 is 3.42. The Morgan fingerprint density at radius 2 is 2.36 bits per heavy atom. The first-order valence-electron chi connectivity index (χ1n) is 4.65. The first-order chi connectivity index (χ1) is 6.68. The Balaban J connectivity index is 2.36. The Bertz CT molecular complexity index is 374. The van der Waals surface area contributed by atoms with E-state index in [1.165, 1.54) is 11.1 Å². The fourth-order valence-corrected chi connectivity index (χ4v) is 2.04. The van der Waals surface area contributed by atoms with Gasteiger partial charge in [-0.05, 0) is 40.9 Å². The van der Waals surface area contributed by atoms with Crippen molar-refractivity contribution in [3.8, 4) is 0 Å². The summed E-state index contributed by atoms with van der Waals surface area (Å²) in [5.41, 5.74) is 3.70. The van der Waals surface area contributed by atoms with Gasteiger partial charge in [0.25, 0.3) is 0 Å². The van der Waals surface area contributed by atoms with E-state index in [-0.39, 0.29) is 0 Å². The van der Waals surface area contributed by atoms with Crippen molar-refractivity contribution in [3.05, 3.63) is 21.4 Å². The van der Waals surface area contributed by atoms with Gasteiger partial charge in [-0.2, -0.15) is 5.10 Å². The molecule has 2 heterocycles. The lowest BCUT2D eigenvalue weighted by Gasteiger charge is -1.98. The predicted octanol–water partition coefficient (Wildman–Crippen LogP) is 2.29. The fourth-order valence-electron chi connectivity index (χ4n) is 1.60. The number of nitrogens with zero attached hydrogens (tertiary/aromatic N) is 2. The predicted molar refractivity (Wildman–Crippen MR) is 59.1 cm³/mol. The van der Waals surface area contributed by atoms with E-state index in [9.17, 15) is 0 Å². The van der Waals surface area contributed by atoms with E-state index >= 15 is 0 Å². The zero-order valence-corrected chi connectivity index (χ0v) is 9.97. The van der Waals surface area contributed by atoms with Crippen LogP contribution < -0.4 is 0 Å². The van der Waals surface area contributed by atoms with Crippen LogP contribution >= 0.6 is 15.9 Å². The Kier molecular flexibility index (Phi) is 2.74. The van der Waals surface area contributed by atoms with Crippen LogP contribution in [0.3, 0.4) is 0 Å². The summed E-state index contributed by atoms with van der Waals surface area (Å²) in [5.74, 6) is 0. The maximum absolute atomic E-state index is 5.31. The zero-order valence-electron chi connectivity index (χ0n) is 8.38. The first kappa shape index (κ1) is 9.93. The lowest BCUT2D eigenvalue weighted by molar-refractivity contribution is 0.205. The van der Waals surface area contributed by atoms with Gasteiger partial charge in [0.05, 0.1) is 18.9 Å². The second-order valence-corrected chi connectivity index (χ2v) is 4.28. The van der Waals surface area contributed by atoms with Crippen LogP contribution in [0.4, 0.5) is 0 Å². The summed E-state index contributed by atoms with van der Waals surface area (Å²) in [6.45, 7) is 3.69. The van der Waals surface area contributed by atoms with Crippen LogP contribution in [0.5, 0.6) is 0 Å². The van der Waals surface area contributed by atoms with Crippen molar-refractivity contribution in [1.82, 2.24) is 9.78 Å². The molecule has 1 aliphatic heterocycles. The van der Waals surface area contributed by atoms with Gasteiger partial charge in [-0.3, -0.25) is 4.68 Å². The van der Waals surface area contributed by atoms with Crippen LogP contribution in [0.25, 0.3) is 6.08 Å².